The molecule has 0 aliphatic carbocycles. The largest absolute Gasteiger partial charge is 0.396 e. The first-order chi connectivity index (χ1) is 4.62. The van der Waals surface area contributed by atoms with E-state index >= 15 is 0 Å². The van der Waals surface area contributed by atoms with Crippen LogP contribution in [0.4, 0.5) is 0 Å². The molecule has 0 aromatic heterocycles. The molecular weight excluding hydrogens is 126 g/mol. The van der Waals surface area contributed by atoms with Gasteiger partial charge >= 0.3 is 0 Å². The molecule has 2 nitrogen and oxygen atoms in total. The van der Waals surface area contributed by atoms with E-state index in [-0.39, 0.29) is 5.54 Å². The molecule has 0 saturated carbocycles. The molecule has 0 amide bonds. The van der Waals surface area contributed by atoms with E-state index in [9.17, 15) is 0 Å². The van der Waals surface area contributed by atoms with Gasteiger partial charge in [-0.3, -0.25) is 0 Å². The van der Waals surface area contributed by atoms with Crippen LogP contribution in [0.25, 0.3) is 0 Å². The van der Waals surface area contributed by atoms with Crippen LogP contribution in [0.15, 0.2) is 0 Å². The maximum Gasteiger partial charge on any atom is 0.0431 e. The van der Waals surface area contributed by atoms with E-state index in [4.69, 9.17) is 5.11 Å². The summed E-state index contributed by atoms with van der Waals surface area (Å²) in [4.78, 5) is 0. The molecule has 0 rings (SSSR count). The maximum absolute atomic E-state index is 8.52. The van der Waals surface area contributed by atoms with Gasteiger partial charge in [-0.25, -0.2) is 0 Å². The highest BCUT2D eigenvalue weighted by Gasteiger charge is 2.12. The van der Waals surface area contributed by atoms with Crippen molar-refractivity contribution in [2.24, 2.45) is 0 Å². The lowest BCUT2D eigenvalue weighted by molar-refractivity contribution is 0.272. The van der Waals surface area contributed by atoms with Gasteiger partial charge in [0.2, 0.25) is 0 Å². The summed E-state index contributed by atoms with van der Waals surface area (Å²) in [6.45, 7) is 4.66. The molecular formula is C8H19NO. The van der Waals surface area contributed by atoms with Gasteiger partial charge in [0, 0.05) is 12.1 Å². The van der Waals surface area contributed by atoms with Crippen molar-refractivity contribution in [1.82, 2.24) is 5.32 Å². The van der Waals surface area contributed by atoms with E-state index in [0.717, 1.165) is 19.3 Å². The summed E-state index contributed by atoms with van der Waals surface area (Å²) in [5.41, 5.74) is 0.231. The van der Waals surface area contributed by atoms with E-state index < -0.39 is 0 Å². The molecule has 2 N–H and O–H groups in total. The molecule has 0 aliphatic heterocycles. The Labute approximate surface area is 63.6 Å². The second-order valence-electron chi connectivity index (χ2n) is 3.31. The van der Waals surface area contributed by atoms with Crippen molar-refractivity contribution in [2.45, 2.75) is 38.6 Å². The first-order valence-electron chi connectivity index (χ1n) is 3.92. The van der Waals surface area contributed by atoms with Crippen molar-refractivity contribution in [2.75, 3.05) is 13.7 Å². The molecule has 0 saturated heterocycles. The predicted octanol–water partition coefficient (Wildman–Crippen LogP) is 1.15. The number of unbranched alkanes of at least 4 members (excludes halogenated alkanes) is 1. The van der Waals surface area contributed by atoms with Gasteiger partial charge in [0.05, 0.1) is 0 Å². The number of aliphatic hydroxyl groups is 1. The Morgan fingerprint density at radius 1 is 1.30 bits per heavy atom. The fourth-order valence-electron chi connectivity index (χ4n) is 0.804. The smallest absolute Gasteiger partial charge is 0.0431 e. The van der Waals surface area contributed by atoms with Gasteiger partial charge < -0.3 is 10.4 Å². The van der Waals surface area contributed by atoms with Gasteiger partial charge in [0.25, 0.3) is 0 Å². The summed E-state index contributed by atoms with van der Waals surface area (Å²) >= 11 is 0. The van der Waals surface area contributed by atoms with Crippen LogP contribution >= 0.6 is 0 Å². The Bertz CT molecular complexity index is 81.3. The minimum absolute atomic E-state index is 0.231. The topological polar surface area (TPSA) is 32.3 Å². The zero-order valence-electron chi connectivity index (χ0n) is 7.28. The number of rotatable bonds is 5. The Morgan fingerprint density at radius 2 is 1.90 bits per heavy atom. The van der Waals surface area contributed by atoms with Crippen LogP contribution in [0.1, 0.15) is 33.1 Å². The van der Waals surface area contributed by atoms with Crippen molar-refractivity contribution in [3.05, 3.63) is 0 Å². The van der Waals surface area contributed by atoms with Crippen LogP contribution in [-0.4, -0.2) is 24.3 Å². The first-order valence-corrected chi connectivity index (χ1v) is 3.92. The minimum Gasteiger partial charge on any atom is -0.396 e. The average Bonchev–Trinajstić information content (AvgIpc) is 1.89. The summed E-state index contributed by atoms with van der Waals surface area (Å²) < 4.78 is 0. The lowest BCUT2D eigenvalue weighted by Gasteiger charge is -2.23. The molecule has 62 valence electrons. The van der Waals surface area contributed by atoms with Crippen LogP contribution in [0.3, 0.4) is 0 Å². The summed E-state index contributed by atoms with van der Waals surface area (Å²) in [6.07, 6.45) is 3.15. The molecule has 0 fully saturated rings. The SMILES string of the molecule is CNC(C)(C)CCCCO. The molecule has 0 bridgehead atoms. The third kappa shape index (κ3) is 4.77. The molecule has 0 unspecified atom stereocenters. The zero-order chi connectivity index (χ0) is 8.04. The number of aliphatic hydroxyl groups excluding tert-OH is 1. The van der Waals surface area contributed by atoms with Crippen LogP contribution in [-0.2, 0) is 0 Å². The van der Waals surface area contributed by atoms with Crippen molar-refractivity contribution in [1.29, 1.82) is 0 Å². The third-order valence-electron chi connectivity index (χ3n) is 1.89. The molecule has 0 heterocycles. The van der Waals surface area contributed by atoms with Gasteiger partial charge in [-0.15, -0.1) is 0 Å². The highest BCUT2D eigenvalue weighted by molar-refractivity contribution is 4.74. The average molecular weight is 145 g/mol. The lowest BCUT2D eigenvalue weighted by atomic mass is 9.98. The fraction of sp³-hybridized carbons (Fsp3) is 1.00. The highest BCUT2D eigenvalue weighted by atomic mass is 16.2. The second kappa shape index (κ2) is 4.69. The van der Waals surface area contributed by atoms with Crippen LogP contribution in [0.2, 0.25) is 0 Å². The van der Waals surface area contributed by atoms with Gasteiger partial charge in [-0.2, -0.15) is 0 Å². The summed E-state index contributed by atoms with van der Waals surface area (Å²) in [6, 6.07) is 0. The van der Waals surface area contributed by atoms with Gasteiger partial charge in [-0.05, 0) is 40.2 Å². The Morgan fingerprint density at radius 3 is 2.30 bits per heavy atom. The lowest BCUT2D eigenvalue weighted by Crippen LogP contribution is -2.35. The monoisotopic (exact) mass is 145 g/mol. The van der Waals surface area contributed by atoms with E-state index in [2.05, 4.69) is 19.2 Å². The summed E-state index contributed by atoms with van der Waals surface area (Å²) in [5, 5.41) is 11.7. The molecule has 0 aliphatic rings. The normalized spacial score (nSPS) is 12.0. The van der Waals surface area contributed by atoms with E-state index in [1.807, 2.05) is 7.05 Å². The van der Waals surface area contributed by atoms with E-state index in [1.165, 1.54) is 0 Å². The van der Waals surface area contributed by atoms with Crippen molar-refractivity contribution in [3.8, 4) is 0 Å². The standard InChI is InChI=1S/C8H19NO/c1-8(2,9-3)6-4-5-7-10/h9-10H,4-7H2,1-3H3. The predicted molar refractivity (Wildman–Crippen MR) is 44.1 cm³/mol. The van der Waals surface area contributed by atoms with Gasteiger partial charge in [0.1, 0.15) is 0 Å². The fourth-order valence-corrected chi connectivity index (χ4v) is 0.804. The van der Waals surface area contributed by atoms with Crippen molar-refractivity contribution < 1.29 is 5.11 Å². The van der Waals surface area contributed by atoms with Crippen LogP contribution in [0, 0.1) is 0 Å². The van der Waals surface area contributed by atoms with Crippen LogP contribution in [0.5, 0.6) is 0 Å². The Kier molecular flexibility index (Phi) is 4.65. The Hall–Kier alpha value is -0.0800. The van der Waals surface area contributed by atoms with E-state index in [0.29, 0.717) is 6.61 Å². The summed E-state index contributed by atoms with van der Waals surface area (Å²) in [7, 11) is 1.97. The molecule has 0 radical (unpaired) electrons. The molecule has 10 heavy (non-hydrogen) atoms. The minimum atomic E-state index is 0.231. The number of hydrogen-bond acceptors (Lipinski definition) is 2. The van der Waals surface area contributed by atoms with Gasteiger partial charge in [0.15, 0.2) is 0 Å². The van der Waals surface area contributed by atoms with Crippen molar-refractivity contribution >= 4 is 0 Å². The highest BCUT2D eigenvalue weighted by Crippen LogP contribution is 2.11. The van der Waals surface area contributed by atoms with Gasteiger partial charge in [-0.1, -0.05) is 0 Å². The Balaban J connectivity index is 3.28. The maximum atomic E-state index is 8.52. The number of nitrogens with one attached hydrogen (secondary N) is 1. The molecule has 0 aromatic rings. The zero-order valence-corrected chi connectivity index (χ0v) is 7.28. The van der Waals surface area contributed by atoms with Crippen LogP contribution < -0.4 is 5.32 Å². The quantitative estimate of drug-likeness (QED) is 0.569. The summed E-state index contributed by atoms with van der Waals surface area (Å²) in [5.74, 6) is 0. The molecule has 0 atom stereocenters. The van der Waals surface area contributed by atoms with Crippen molar-refractivity contribution in [3.63, 3.8) is 0 Å². The number of hydrogen-bond donors (Lipinski definition) is 2. The first kappa shape index (κ1) is 9.92. The second-order valence-corrected chi connectivity index (χ2v) is 3.31. The molecule has 0 spiro atoms. The molecule has 0 aromatic carbocycles. The van der Waals surface area contributed by atoms with E-state index in [1.54, 1.807) is 0 Å². The third-order valence-corrected chi connectivity index (χ3v) is 1.89. The molecule has 2 heteroatoms.